The molecular weight excluding hydrogens is 370 g/mol. The summed E-state index contributed by atoms with van der Waals surface area (Å²) in [7, 11) is -3.42. The number of ether oxygens (including phenoxy) is 1. The number of nitrogens with zero attached hydrogens (tertiary/aromatic N) is 2. The third kappa shape index (κ3) is 5.06. The topological polar surface area (TPSA) is 96.0 Å². The van der Waals surface area contributed by atoms with Crippen molar-refractivity contribution in [1.29, 1.82) is 0 Å². The first-order valence-corrected chi connectivity index (χ1v) is 10.7. The second-order valence-electron chi connectivity index (χ2n) is 6.68. The molecule has 8 nitrogen and oxygen atoms in total. The van der Waals surface area contributed by atoms with E-state index in [4.69, 9.17) is 4.74 Å². The van der Waals surface area contributed by atoms with Gasteiger partial charge in [-0.3, -0.25) is 9.59 Å². The number of morpholine rings is 1. The Kier molecular flexibility index (Phi) is 6.46. The molecule has 9 heteroatoms. The van der Waals surface area contributed by atoms with E-state index in [0.29, 0.717) is 45.7 Å². The number of likely N-dealkylation sites (tertiary alicyclic amines) is 1. The minimum Gasteiger partial charge on any atom is -0.379 e. The van der Waals surface area contributed by atoms with E-state index in [2.05, 4.69) is 5.32 Å². The van der Waals surface area contributed by atoms with Gasteiger partial charge in [-0.05, 0) is 12.0 Å². The molecule has 0 bridgehead atoms. The summed E-state index contributed by atoms with van der Waals surface area (Å²) in [5, 5.41) is 2.69. The van der Waals surface area contributed by atoms with E-state index in [9.17, 15) is 18.0 Å². The number of benzene rings is 1. The van der Waals surface area contributed by atoms with Gasteiger partial charge in [0.1, 0.15) is 6.04 Å². The molecule has 2 heterocycles. The number of sulfonamides is 1. The maximum absolute atomic E-state index is 12.5. The van der Waals surface area contributed by atoms with Gasteiger partial charge in [0.15, 0.2) is 0 Å². The van der Waals surface area contributed by atoms with Gasteiger partial charge in [0, 0.05) is 32.6 Å². The van der Waals surface area contributed by atoms with Gasteiger partial charge in [0.25, 0.3) is 0 Å². The normalized spacial score (nSPS) is 21.4. The first-order chi connectivity index (χ1) is 13.0. The van der Waals surface area contributed by atoms with Crippen LogP contribution in [0.15, 0.2) is 30.3 Å². The van der Waals surface area contributed by atoms with Crippen molar-refractivity contribution in [3.63, 3.8) is 0 Å². The lowest BCUT2D eigenvalue weighted by Gasteiger charge is -2.26. The molecule has 2 saturated heterocycles. The zero-order chi connectivity index (χ0) is 19.3. The van der Waals surface area contributed by atoms with Crippen molar-refractivity contribution in [2.24, 2.45) is 0 Å². The number of hydrogen-bond donors (Lipinski definition) is 1. The predicted molar refractivity (Wildman–Crippen MR) is 99.2 cm³/mol. The van der Waals surface area contributed by atoms with Crippen LogP contribution >= 0.6 is 0 Å². The number of nitrogens with one attached hydrogen (secondary N) is 1. The molecule has 27 heavy (non-hydrogen) atoms. The number of carbonyl (C=O) groups excluding carboxylic acids is 2. The summed E-state index contributed by atoms with van der Waals surface area (Å²) in [5.74, 6) is -0.508. The average Bonchev–Trinajstić information content (AvgIpc) is 3.04. The quantitative estimate of drug-likeness (QED) is 0.699. The molecule has 2 amide bonds. The van der Waals surface area contributed by atoms with Crippen LogP contribution in [0.3, 0.4) is 0 Å². The summed E-state index contributed by atoms with van der Waals surface area (Å²) in [5.41, 5.74) is 0.959. The Balaban J connectivity index is 1.52. The van der Waals surface area contributed by atoms with E-state index in [1.165, 1.54) is 4.31 Å². The molecule has 1 aromatic rings. The van der Waals surface area contributed by atoms with Gasteiger partial charge >= 0.3 is 0 Å². The van der Waals surface area contributed by atoms with Gasteiger partial charge in [0.05, 0.1) is 19.0 Å². The molecule has 1 unspecified atom stereocenters. The Labute approximate surface area is 159 Å². The van der Waals surface area contributed by atoms with Crippen molar-refractivity contribution in [3.8, 4) is 0 Å². The van der Waals surface area contributed by atoms with Crippen LogP contribution in [0.4, 0.5) is 0 Å². The standard InChI is InChI=1S/C18H25N3O5S/c22-17-7-6-16(21(17)14-15-4-2-1-3-5-15)18(23)19-8-13-27(24,25)20-9-11-26-12-10-20/h1-5,16H,6-14H2,(H,19,23). The maximum atomic E-state index is 12.5. The molecule has 0 saturated carbocycles. The van der Waals surface area contributed by atoms with Gasteiger partial charge in [-0.2, -0.15) is 4.31 Å². The maximum Gasteiger partial charge on any atom is 0.242 e. The van der Waals surface area contributed by atoms with Gasteiger partial charge in [-0.1, -0.05) is 30.3 Å². The van der Waals surface area contributed by atoms with E-state index in [-0.39, 0.29) is 24.1 Å². The SMILES string of the molecule is O=C(NCCS(=O)(=O)N1CCOCC1)C1CCC(=O)N1Cc1ccccc1. The second-order valence-corrected chi connectivity index (χ2v) is 8.77. The first kappa shape index (κ1) is 19.8. The van der Waals surface area contributed by atoms with E-state index < -0.39 is 16.1 Å². The summed E-state index contributed by atoms with van der Waals surface area (Å²) in [6, 6.07) is 8.95. The lowest BCUT2D eigenvalue weighted by molar-refractivity contribution is -0.135. The molecule has 3 rings (SSSR count). The van der Waals surface area contributed by atoms with Crippen LogP contribution in [0.1, 0.15) is 18.4 Å². The number of hydrogen-bond acceptors (Lipinski definition) is 5. The fraction of sp³-hybridized carbons (Fsp3) is 0.556. The predicted octanol–water partition coefficient (Wildman–Crippen LogP) is -0.0442. The molecule has 2 aliphatic heterocycles. The van der Waals surface area contributed by atoms with E-state index >= 15 is 0 Å². The summed E-state index contributed by atoms with van der Waals surface area (Å²) in [6.45, 7) is 1.89. The van der Waals surface area contributed by atoms with Crippen LogP contribution < -0.4 is 5.32 Å². The third-order valence-corrected chi connectivity index (χ3v) is 6.72. The molecular formula is C18H25N3O5S. The van der Waals surface area contributed by atoms with E-state index in [0.717, 1.165) is 5.56 Å². The minimum atomic E-state index is -3.42. The van der Waals surface area contributed by atoms with Gasteiger partial charge in [-0.25, -0.2) is 8.42 Å². The number of rotatable bonds is 7. The van der Waals surface area contributed by atoms with Crippen LogP contribution in [0.2, 0.25) is 0 Å². The van der Waals surface area contributed by atoms with Crippen molar-refractivity contribution in [3.05, 3.63) is 35.9 Å². The third-order valence-electron chi connectivity index (χ3n) is 4.85. The van der Waals surface area contributed by atoms with E-state index in [1.54, 1.807) is 4.90 Å². The van der Waals surface area contributed by atoms with Gasteiger partial charge < -0.3 is 15.0 Å². The van der Waals surface area contributed by atoms with Crippen molar-refractivity contribution in [2.45, 2.75) is 25.4 Å². The molecule has 1 atom stereocenters. The molecule has 1 N–H and O–H groups in total. The Morgan fingerprint density at radius 1 is 1.19 bits per heavy atom. The summed E-state index contributed by atoms with van der Waals surface area (Å²) in [6.07, 6.45) is 0.782. The second kappa shape index (κ2) is 8.81. The highest BCUT2D eigenvalue weighted by Gasteiger charge is 2.36. The molecule has 2 aliphatic rings. The van der Waals surface area contributed by atoms with Crippen LogP contribution in [0, 0.1) is 0 Å². The Hall–Kier alpha value is -1.97. The van der Waals surface area contributed by atoms with Crippen LogP contribution in [0.25, 0.3) is 0 Å². The highest BCUT2D eigenvalue weighted by molar-refractivity contribution is 7.89. The van der Waals surface area contributed by atoms with Gasteiger partial charge in [-0.15, -0.1) is 0 Å². The highest BCUT2D eigenvalue weighted by Crippen LogP contribution is 2.21. The molecule has 148 valence electrons. The molecule has 0 aliphatic carbocycles. The largest absolute Gasteiger partial charge is 0.379 e. The molecule has 0 aromatic heterocycles. The Morgan fingerprint density at radius 3 is 2.59 bits per heavy atom. The number of amides is 2. The fourth-order valence-electron chi connectivity index (χ4n) is 3.36. The summed E-state index contributed by atoms with van der Waals surface area (Å²) >= 11 is 0. The zero-order valence-electron chi connectivity index (χ0n) is 15.2. The lowest BCUT2D eigenvalue weighted by atomic mass is 10.1. The van der Waals surface area contributed by atoms with Crippen LogP contribution in [0.5, 0.6) is 0 Å². The lowest BCUT2D eigenvalue weighted by Crippen LogP contribution is -2.47. The smallest absolute Gasteiger partial charge is 0.242 e. The monoisotopic (exact) mass is 395 g/mol. The summed E-state index contributed by atoms with van der Waals surface area (Å²) < 4.78 is 31.2. The summed E-state index contributed by atoms with van der Waals surface area (Å²) in [4.78, 5) is 26.3. The average molecular weight is 395 g/mol. The first-order valence-electron chi connectivity index (χ1n) is 9.14. The fourth-order valence-corrected chi connectivity index (χ4v) is 4.68. The van der Waals surface area contributed by atoms with Crippen LogP contribution in [-0.4, -0.2) is 74.1 Å². The van der Waals surface area contributed by atoms with Crippen LogP contribution in [-0.2, 0) is 30.9 Å². The number of carbonyl (C=O) groups is 2. The van der Waals surface area contributed by atoms with Crippen molar-refractivity contribution < 1.29 is 22.7 Å². The molecule has 0 spiro atoms. The van der Waals surface area contributed by atoms with Crippen molar-refractivity contribution in [1.82, 2.24) is 14.5 Å². The van der Waals surface area contributed by atoms with E-state index in [1.807, 2.05) is 30.3 Å². The molecule has 0 radical (unpaired) electrons. The Bertz CT molecular complexity index is 762. The zero-order valence-corrected chi connectivity index (χ0v) is 16.0. The highest BCUT2D eigenvalue weighted by atomic mass is 32.2. The van der Waals surface area contributed by atoms with Gasteiger partial charge in [0.2, 0.25) is 21.8 Å². The molecule has 1 aromatic carbocycles. The van der Waals surface area contributed by atoms with Crippen molar-refractivity contribution in [2.75, 3.05) is 38.6 Å². The van der Waals surface area contributed by atoms with Crippen molar-refractivity contribution >= 4 is 21.8 Å². The molecule has 2 fully saturated rings. The Morgan fingerprint density at radius 2 is 1.89 bits per heavy atom. The minimum absolute atomic E-state index is 0.0302.